The molecule has 1 saturated heterocycles. The van der Waals surface area contributed by atoms with Crippen LogP contribution in [0.1, 0.15) is 38.5 Å². The highest BCUT2D eigenvalue weighted by Crippen LogP contribution is 2.20. The molecule has 0 aromatic heterocycles. The van der Waals surface area contributed by atoms with Gasteiger partial charge in [0.15, 0.2) is 9.84 Å². The maximum atomic E-state index is 11.6. The smallest absolute Gasteiger partial charge is 0.407 e. The van der Waals surface area contributed by atoms with E-state index in [1.165, 1.54) is 6.42 Å². The molecule has 1 atom stereocenters. The third-order valence-electron chi connectivity index (χ3n) is 3.38. The van der Waals surface area contributed by atoms with Gasteiger partial charge in [-0.1, -0.05) is 6.42 Å². The van der Waals surface area contributed by atoms with Crippen molar-refractivity contribution in [3.05, 3.63) is 0 Å². The Labute approximate surface area is 102 Å². The molecule has 1 N–H and O–H groups in total. The molecular weight excluding hydrogens is 242 g/mol. The summed E-state index contributed by atoms with van der Waals surface area (Å²) in [6, 6.07) is -0.268. The standard InChI is InChI=1S/C11H19NO4S/c13-11(16-10-4-2-1-3-5-10)12-9-6-7-17(14,15)8-9/h9-10H,1-8H2,(H,12,13)/t9-/m0/s1. The van der Waals surface area contributed by atoms with Crippen molar-refractivity contribution in [3.8, 4) is 0 Å². The number of sulfone groups is 1. The van der Waals surface area contributed by atoms with Crippen molar-refractivity contribution in [2.24, 2.45) is 0 Å². The summed E-state index contributed by atoms with van der Waals surface area (Å²) in [7, 11) is -2.94. The van der Waals surface area contributed by atoms with E-state index >= 15 is 0 Å². The molecular formula is C11H19NO4S. The highest BCUT2D eigenvalue weighted by molar-refractivity contribution is 7.91. The highest BCUT2D eigenvalue weighted by atomic mass is 32.2. The molecule has 1 aliphatic heterocycles. The minimum absolute atomic E-state index is 0.0155. The number of amides is 1. The maximum absolute atomic E-state index is 11.6. The van der Waals surface area contributed by atoms with Gasteiger partial charge >= 0.3 is 6.09 Å². The molecule has 0 aromatic carbocycles. The third-order valence-corrected chi connectivity index (χ3v) is 5.15. The lowest BCUT2D eigenvalue weighted by atomic mass is 9.98. The molecule has 98 valence electrons. The van der Waals surface area contributed by atoms with Crippen molar-refractivity contribution in [2.45, 2.75) is 50.7 Å². The normalized spacial score (nSPS) is 28.8. The Bertz CT molecular complexity index is 373. The fourth-order valence-electron chi connectivity index (χ4n) is 2.44. The summed E-state index contributed by atoms with van der Waals surface area (Å²) in [4.78, 5) is 11.6. The van der Waals surface area contributed by atoms with Crippen LogP contribution in [0, 0.1) is 0 Å². The van der Waals surface area contributed by atoms with Crippen LogP contribution in [0.3, 0.4) is 0 Å². The van der Waals surface area contributed by atoms with E-state index in [-0.39, 0.29) is 23.7 Å². The molecule has 1 heterocycles. The maximum Gasteiger partial charge on any atom is 0.407 e. The first kappa shape index (κ1) is 12.7. The highest BCUT2D eigenvalue weighted by Gasteiger charge is 2.30. The number of carbonyl (C=O) groups excluding carboxylic acids is 1. The predicted octanol–water partition coefficient (Wildman–Crippen LogP) is 1.23. The molecule has 1 amide bonds. The van der Waals surface area contributed by atoms with Crippen LogP contribution in [0.4, 0.5) is 4.79 Å². The number of carbonyl (C=O) groups is 1. The monoisotopic (exact) mass is 261 g/mol. The van der Waals surface area contributed by atoms with Crippen LogP contribution in [0.25, 0.3) is 0 Å². The van der Waals surface area contributed by atoms with E-state index < -0.39 is 15.9 Å². The van der Waals surface area contributed by atoms with Gasteiger partial charge in [-0.15, -0.1) is 0 Å². The second-order valence-electron chi connectivity index (χ2n) is 4.91. The van der Waals surface area contributed by atoms with Crippen LogP contribution in [-0.2, 0) is 14.6 Å². The average molecular weight is 261 g/mol. The van der Waals surface area contributed by atoms with Crippen molar-refractivity contribution >= 4 is 15.9 Å². The fraction of sp³-hybridized carbons (Fsp3) is 0.909. The number of nitrogens with one attached hydrogen (secondary N) is 1. The third kappa shape index (κ3) is 3.87. The van der Waals surface area contributed by atoms with Crippen molar-refractivity contribution in [2.75, 3.05) is 11.5 Å². The first-order valence-corrected chi connectivity index (χ1v) is 8.05. The zero-order valence-electron chi connectivity index (χ0n) is 9.85. The first-order chi connectivity index (χ1) is 8.05. The molecule has 17 heavy (non-hydrogen) atoms. The Morgan fingerprint density at radius 3 is 2.41 bits per heavy atom. The SMILES string of the molecule is O=C(N[C@H]1CCS(=O)(=O)C1)OC1CCCCC1. The first-order valence-electron chi connectivity index (χ1n) is 6.23. The Morgan fingerprint density at radius 2 is 1.82 bits per heavy atom. The quantitative estimate of drug-likeness (QED) is 0.811. The summed E-state index contributed by atoms with van der Waals surface area (Å²) in [6.45, 7) is 0. The van der Waals surface area contributed by atoms with Crippen LogP contribution in [0.15, 0.2) is 0 Å². The van der Waals surface area contributed by atoms with Gasteiger partial charge in [-0.3, -0.25) is 0 Å². The van der Waals surface area contributed by atoms with Gasteiger partial charge in [0.2, 0.25) is 0 Å². The van der Waals surface area contributed by atoms with E-state index in [1.54, 1.807) is 0 Å². The van der Waals surface area contributed by atoms with Crippen LogP contribution in [-0.4, -0.2) is 38.2 Å². The number of alkyl carbamates (subject to hydrolysis) is 1. The molecule has 2 fully saturated rings. The molecule has 2 rings (SSSR count). The Morgan fingerprint density at radius 1 is 1.12 bits per heavy atom. The Hall–Kier alpha value is -0.780. The van der Waals surface area contributed by atoms with Gasteiger partial charge in [-0.25, -0.2) is 13.2 Å². The largest absolute Gasteiger partial charge is 0.446 e. The molecule has 0 aromatic rings. The Balaban J connectivity index is 1.74. The molecule has 0 bridgehead atoms. The lowest BCUT2D eigenvalue weighted by Crippen LogP contribution is -2.38. The molecule has 1 aliphatic carbocycles. The van der Waals surface area contributed by atoms with Gasteiger partial charge in [-0.05, 0) is 32.1 Å². The molecule has 6 heteroatoms. The van der Waals surface area contributed by atoms with E-state index in [0.717, 1.165) is 25.7 Å². The lowest BCUT2D eigenvalue weighted by molar-refractivity contribution is 0.0735. The number of hydrogen-bond acceptors (Lipinski definition) is 4. The lowest BCUT2D eigenvalue weighted by Gasteiger charge is -2.22. The molecule has 0 radical (unpaired) electrons. The van der Waals surface area contributed by atoms with Crippen LogP contribution < -0.4 is 5.32 Å². The minimum Gasteiger partial charge on any atom is -0.446 e. The van der Waals surface area contributed by atoms with E-state index in [4.69, 9.17) is 4.74 Å². The second-order valence-corrected chi connectivity index (χ2v) is 7.14. The number of ether oxygens (including phenoxy) is 1. The summed E-state index contributed by atoms with van der Waals surface area (Å²) in [5, 5.41) is 2.64. The summed E-state index contributed by atoms with van der Waals surface area (Å²) >= 11 is 0. The molecule has 2 aliphatic rings. The van der Waals surface area contributed by atoms with Crippen LogP contribution in [0.2, 0.25) is 0 Å². The van der Waals surface area contributed by atoms with E-state index in [0.29, 0.717) is 6.42 Å². The minimum atomic E-state index is -2.94. The van der Waals surface area contributed by atoms with Crippen molar-refractivity contribution in [1.82, 2.24) is 5.32 Å². The number of hydrogen-bond donors (Lipinski definition) is 1. The predicted molar refractivity (Wildman–Crippen MR) is 63.5 cm³/mol. The molecule has 1 saturated carbocycles. The van der Waals surface area contributed by atoms with Gasteiger partial charge in [-0.2, -0.15) is 0 Å². The van der Waals surface area contributed by atoms with Crippen molar-refractivity contribution in [1.29, 1.82) is 0 Å². The second kappa shape index (κ2) is 5.25. The zero-order chi connectivity index (χ0) is 12.3. The number of rotatable bonds is 2. The Kier molecular flexibility index (Phi) is 3.91. The van der Waals surface area contributed by atoms with Crippen molar-refractivity contribution < 1.29 is 17.9 Å². The molecule has 5 nitrogen and oxygen atoms in total. The van der Waals surface area contributed by atoms with Gasteiger partial charge in [0.1, 0.15) is 6.10 Å². The van der Waals surface area contributed by atoms with Gasteiger partial charge in [0.05, 0.1) is 11.5 Å². The van der Waals surface area contributed by atoms with Crippen molar-refractivity contribution in [3.63, 3.8) is 0 Å². The van der Waals surface area contributed by atoms with Gasteiger partial charge in [0.25, 0.3) is 0 Å². The summed E-state index contributed by atoms with van der Waals surface area (Å²) in [6.07, 6.45) is 5.34. The molecule has 0 unspecified atom stereocenters. The van der Waals surface area contributed by atoms with E-state index in [9.17, 15) is 13.2 Å². The fourth-order valence-corrected chi connectivity index (χ4v) is 4.12. The van der Waals surface area contributed by atoms with Gasteiger partial charge in [0, 0.05) is 6.04 Å². The van der Waals surface area contributed by atoms with E-state index in [1.807, 2.05) is 0 Å². The van der Waals surface area contributed by atoms with Crippen LogP contribution in [0.5, 0.6) is 0 Å². The molecule has 0 spiro atoms. The summed E-state index contributed by atoms with van der Waals surface area (Å²) in [5.74, 6) is 0.216. The average Bonchev–Trinajstić information content (AvgIpc) is 2.59. The zero-order valence-corrected chi connectivity index (χ0v) is 10.7. The van der Waals surface area contributed by atoms with E-state index in [2.05, 4.69) is 5.32 Å². The topological polar surface area (TPSA) is 72.5 Å². The van der Waals surface area contributed by atoms with Gasteiger partial charge < -0.3 is 10.1 Å². The van der Waals surface area contributed by atoms with Crippen LogP contribution >= 0.6 is 0 Å². The summed E-state index contributed by atoms with van der Waals surface area (Å²) in [5.41, 5.74) is 0. The summed E-state index contributed by atoms with van der Waals surface area (Å²) < 4.78 is 27.7.